The molecule has 0 radical (unpaired) electrons. The van der Waals surface area contributed by atoms with Crippen molar-refractivity contribution in [2.75, 3.05) is 13.7 Å². The van der Waals surface area contributed by atoms with E-state index in [0.717, 1.165) is 23.7 Å². The fourth-order valence-corrected chi connectivity index (χ4v) is 2.56. The summed E-state index contributed by atoms with van der Waals surface area (Å²) in [5.41, 5.74) is 1.53. The Morgan fingerprint density at radius 3 is 2.95 bits per heavy atom. The summed E-state index contributed by atoms with van der Waals surface area (Å²) in [6, 6.07) is 7.68. The van der Waals surface area contributed by atoms with E-state index in [2.05, 4.69) is 10.3 Å². The van der Waals surface area contributed by atoms with Crippen molar-refractivity contribution in [2.24, 2.45) is 0 Å². The maximum Gasteiger partial charge on any atom is 0.251 e. The first-order valence-corrected chi connectivity index (χ1v) is 6.63. The number of ether oxygens (including phenoxy) is 1. The number of amides is 1. The number of fused-ring (bicyclic) bond motifs is 1. The molecule has 4 nitrogen and oxygen atoms in total. The van der Waals surface area contributed by atoms with Crippen LogP contribution in [0, 0.1) is 0 Å². The fraction of sp³-hybridized carbons (Fsp3) is 0.400. The van der Waals surface area contributed by atoms with E-state index in [0.29, 0.717) is 12.1 Å². The van der Waals surface area contributed by atoms with E-state index in [9.17, 15) is 4.79 Å². The average molecular weight is 258 g/mol. The predicted molar refractivity (Wildman–Crippen MR) is 74.2 cm³/mol. The quantitative estimate of drug-likeness (QED) is 0.885. The van der Waals surface area contributed by atoms with Gasteiger partial charge in [-0.1, -0.05) is 6.07 Å². The average Bonchev–Trinajstić information content (AvgIpc) is 2.84. The zero-order valence-electron chi connectivity index (χ0n) is 11.0. The summed E-state index contributed by atoms with van der Waals surface area (Å²) in [5.74, 6) is -0.0418. The van der Waals surface area contributed by atoms with Crippen molar-refractivity contribution in [1.82, 2.24) is 10.3 Å². The summed E-state index contributed by atoms with van der Waals surface area (Å²) in [6.07, 6.45) is 5.11. The van der Waals surface area contributed by atoms with Crippen molar-refractivity contribution in [3.8, 4) is 0 Å². The van der Waals surface area contributed by atoms with E-state index >= 15 is 0 Å². The number of methoxy groups -OCH3 is 1. The topological polar surface area (TPSA) is 54.1 Å². The fourth-order valence-electron chi connectivity index (χ4n) is 2.56. The molecule has 1 heterocycles. The molecule has 4 heteroatoms. The molecule has 0 bridgehead atoms. The molecule has 1 aliphatic carbocycles. The molecule has 100 valence electrons. The monoisotopic (exact) mass is 258 g/mol. The molecule has 1 saturated carbocycles. The summed E-state index contributed by atoms with van der Waals surface area (Å²) >= 11 is 0. The largest absolute Gasteiger partial charge is 0.376 e. The minimum atomic E-state index is -0.133. The normalized spacial score (nSPS) is 17.1. The van der Waals surface area contributed by atoms with Crippen LogP contribution in [-0.4, -0.2) is 30.1 Å². The Kier molecular flexibility index (Phi) is 3.03. The molecule has 0 spiro atoms. The summed E-state index contributed by atoms with van der Waals surface area (Å²) in [4.78, 5) is 15.2. The molecule has 1 amide bonds. The highest BCUT2D eigenvalue weighted by Gasteiger charge is 2.37. The van der Waals surface area contributed by atoms with Crippen molar-refractivity contribution in [1.29, 1.82) is 0 Å². The SMILES string of the molecule is COC1(CNC(=O)c2ccc3cc[nH]c3c2)CCC1. The Hall–Kier alpha value is -1.81. The summed E-state index contributed by atoms with van der Waals surface area (Å²) in [6.45, 7) is 0.588. The van der Waals surface area contributed by atoms with Gasteiger partial charge in [-0.05, 0) is 42.8 Å². The van der Waals surface area contributed by atoms with Crippen molar-refractivity contribution in [3.05, 3.63) is 36.0 Å². The number of nitrogens with one attached hydrogen (secondary N) is 2. The van der Waals surface area contributed by atoms with Crippen LogP contribution in [-0.2, 0) is 4.74 Å². The van der Waals surface area contributed by atoms with Gasteiger partial charge in [0.05, 0.1) is 5.60 Å². The van der Waals surface area contributed by atoms with Crippen molar-refractivity contribution < 1.29 is 9.53 Å². The lowest BCUT2D eigenvalue weighted by atomic mass is 9.80. The molecule has 2 aromatic rings. The van der Waals surface area contributed by atoms with Crippen LogP contribution in [0.4, 0.5) is 0 Å². The van der Waals surface area contributed by atoms with Crippen LogP contribution < -0.4 is 5.32 Å². The molecule has 2 N–H and O–H groups in total. The number of benzene rings is 1. The molecule has 0 aliphatic heterocycles. The van der Waals surface area contributed by atoms with Crippen LogP contribution in [0.3, 0.4) is 0 Å². The third-order valence-corrected chi connectivity index (χ3v) is 4.09. The second kappa shape index (κ2) is 4.70. The molecule has 3 rings (SSSR count). The Morgan fingerprint density at radius 2 is 2.26 bits per heavy atom. The van der Waals surface area contributed by atoms with Crippen LogP contribution >= 0.6 is 0 Å². The molecular weight excluding hydrogens is 240 g/mol. The molecule has 1 aromatic heterocycles. The zero-order chi connectivity index (χ0) is 13.3. The number of carbonyl (C=O) groups is 1. The van der Waals surface area contributed by atoms with Gasteiger partial charge in [0.1, 0.15) is 0 Å². The molecule has 1 aromatic carbocycles. The lowest BCUT2D eigenvalue weighted by Gasteiger charge is -2.40. The summed E-state index contributed by atoms with van der Waals surface area (Å²) < 4.78 is 5.50. The van der Waals surface area contributed by atoms with Gasteiger partial charge < -0.3 is 15.0 Å². The standard InChI is InChI=1S/C15H18N2O2/c1-19-15(6-2-7-15)10-17-14(18)12-4-3-11-5-8-16-13(11)9-12/h3-5,8-9,16H,2,6-7,10H2,1H3,(H,17,18). The third-order valence-electron chi connectivity index (χ3n) is 4.09. The molecule has 1 fully saturated rings. The second-order valence-corrected chi connectivity index (χ2v) is 5.20. The first-order valence-electron chi connectivity index (χ1n) is 6.63. The number of hydrogen-bond acceptors (Lipinski definition) is 2. The van der Waals surface area contributed by atoms with Gasteiger partial charge >= 0.3 is 0 Å². The minimum absolute atomic E-state index is 0.0418. The lowest BCUT2D eigenvalue weighted by molar-refractivity contribution is -0.0679. The van der Waals surface area contributed by atoms with Crippen molar-refractivity contribution in [2.45, 2.75) is 24.9 Å². The van der Waals surface area contributed by atoms with Crippen LogP contribution in [0.1, 0.15) is 29.6 Å². The number of carbonyl (C=O) groups excluding carboxylic acids is 1. The Bertz CT molecular complexity index is 593. The maximum atomic E-state index is 12.1. The van der Waals surface area contributed by atoms with Crippen molar-refractivity contribution in [3.63, 3.8) is 0 Å². The number of H-pyrrole nitrogens is 1. The first kappa shape index (κ1) is 12.2. The Balaban J connectivity index is 1.69. The third kappa shape index (κ3) is 2.24. The van der Waals surface area contributed by atoms with Gasteiger partial charge in [-0.3, -0.25) is 4.79 Å². The second-order valence-electron chi connectivity index (χ2n) is 5.20. The van der Waals surface area contributed by atoms with Crippen LogP contribution in [0.5, 0.6) is 0 Å². The predicted octanol–water partition coefficient (Wildman–Crippen LogP) is 2.47. The molecule has 0 saturated heterocycles. The van der Waals surface area contributed by atoms with Crippen molar-refractivity contribution >= 4 is 16.8 Å². The molecule has 0 atom stereocenters. The van der Waals surface area contributed by atoms with E-state index < -0.39 is 0 Å². The smallest absolute Gasteiger partial charge is 0.251 e. The molecule has 0 unspecified atom stereocenters. The van der Waals surface area contributed by atoms with Gasteiger partial charge in [0.2, 0.25) is 0 Å². The zero-order valence-corrected chi connectivity index (χ0v) is 11.0. The Labute approximate surface area is 112 Å². The van der Waals surface area contributed by atoms with E-state index in [1.807, 2.05) is 30.5 Å². The van der Waals surface area contributed by atoms with Gasteiger partial charge in [-0.15, -0.1) is 0 Å². The summed E-state index contributed by atoms with van der Waals surface area (Å²) in [5, 5.41) is 4.09. The number of rotatable bonds is 4. The van der Waals surface area contributed by atoms with E-state index in [1.165, 1.54) is 6.42 Å². The van der Waals surface area contributed by atoms with Gasteiger partial charge in [0.25, 0.3) is 5.91 Å². The van der Waals surface area contributed by atoms with Gasteiger partial charge in [0.15, 0.2) is 0 Å². The van der Waals surface area contributed by atoms with E-state index in [4.69, 9.17) is 4.74 Å². The molecular formula is C15H18N2O2. The first-order chi connectivity index (χ1) is 9.22. The Morgan fingerprint density at radius 1 is 1.42 bits per heavy atom. The van der Waals surface area contributed by atoms with Gasteiger partial charge in [0, 0.05) is 30.9 Å². The van der Waals surface area contributed by atoms with Crippen LogP contribution in [0.15, 0.2) is 30.5 Å². The minimum Gasteiger partial charge on any atom is -0.376 e. The molecule has 1 aliphatic rings. The number of aromatic amines is 1. The van der Waals surface area contributed by atoms with E-state index in [-0.39, 0.29) is 11.5 Å². The van der Waals surface area contributed by atoms with Crippen LogP contribution in [0.25, 0.3) is 10.9 Å². The number of hydrogen-bond donors (Lipinski definition) is 2. The van der Waals surface area contributed by atoms with E-state index in [1.54, 1.807) is 7.11 Å². The highest BCUT2D eigenvalue weighted by atomic mass is 16.5. The lowest BCUT2D eigenvalue weighted by Crippen LogP contribution is -2.49. The van der Waals surface area contributed by atoms with Gasteiger partial charge in [-0.2, -0.15) is 0 Å². The molecule has 19 heavy (non-hydrogen) atoms. The highest BCUT2D eigenvalue weighted by molar-refractivity contribution is 5.97. The number of aromatic nitrogens is 1. The summed E-state index contributed by atoms with van der Waals surface area (Å²) in [7, 11) is 1.72. The maximum absolute atomic E-state index is 12.1. The highest BCUT2D eigenvalue weighted by Crippen LogP contribution is 2.34. The van der Waals surface area contributed by atoms with Gasteiger partial charge in [-0.25, -0.2) is 0 Å². The van der Waals surface area contributed by atoms with Crippen LogP contribution in [0.2, 0.25) is 0 Å².